The summed E-state index contributed by atoms with van der Waals surface area (Å²) in [5.41, 5.74) is 3.07. The maximum absolute atomic E-state index is 12.4. The Labute approximate surface area is 186 Å². The van der Waals surface area contributed by atoms with Crippen LogP contribution in [0.2, 0.25) is 0 Å². The first-order valence-electron chi connectivity index (χ1n) is 9.33. The lowest BCUT2D eigenvalue weighted by molar-refractivity contribution is -0.115. The fourth-order valence-electron chi connectivity index (χ4n) is 2.91. The molecule has 0 bridgehead atoms. The van der Waals surface area contributed by atoms with E-state index in [1.54, 1.807) is 23.6 Å². The van der Waals surface area contributed by atoms with Crippen molar-refractivity contribution in [1.82, 2.24) is 9.97 Å². The van der Waals surface area contributed by atoms with E-state index in [2.05, 4.69) is 25.9 Å². The Kier molecular flexibility index (Phi) is 6.10. The van der Waals surface area contributed by atoms with Crippen LogP contribution in [0.1, 0.15) is 11.3 Å². The topological polar surface area (TPSA) is 105 Å². The molecule has 0 unspecified atom stereocenters. The summed E-state index contributed by atoms with van der Waals surface area (Å²) in [6, 6.07) is 12.6. The molecule has 4 aromatic rings. The third-order valence-corrected chi connectivity index (χ3v) is 6.08. The highest BCUT2D eigenvalue weighted by Crippen LogP contribution is 2.28. The number of hydrogen-bond donors (Lipinski definition) is 3. The van der Waals surface area contributed by atoms with Crippen LogP contribution in [0.25, 0.3) is 10.2 Å². The third-order valence-electron chi connectivity index (χ3n) is 4.34. The van der Waals surface area contributed by atoms with Gasteiger partial charge in [-0.05, 0) is 30.7 Å². The summed E-state index contributed by atoms with van der Waals surface area (Å²) in [7, 11) is 1.53. The average Bonchev–Trinajstić information content (AvgIpc) is 3.35. The van der Waals surface area contributed by atoms with Gasteiger partial charge >= 0.3 is 6.03 Å². The van der Waals surface area contributed by atoms with Gasteiger partial charge in [0.1, 0.15) is 5.75 Å². The quantitative estimate of drug-likeness (QED) is 0.385. The van der Waals surface area contributed by atoms with Gasteiger partial charge < -0.3 is 15.4 Å². The molecule has 4 rings (SSSR count). The first-order chi connectivity index (χ1) is 15.0. The van der Waals surface area contributed by atoms with Gasteiger partial charge in [-0.25, -0.2) is 14.8 Å². The number of urea groups is 1. The number of carbonyl (C=O) groups is 2. The number of hydrogen-bond acceptors (Lipinski definition) is 7. The molecule has 2 aromatic heterocycles. The molecule has 2 aromatic carbocycles. The van der Waals surface area contributed by atoms with E-state index < -0.39 is 6.03 Å². The van der Waals surface area contributed by atoms with Crippen LogP contribution in [0.5, 0.6) is 5.75 Å². The summed E-state index contributed by atoms with van der Waals surface area (Å²) in [6.07, 6.45) is 0.0845. The fraction of sp³-hybridized carbons (Fsp3) is 0.143. The minimum Gasteiger partial charge on any atom is -0.495 e. The van der Waals surface area contributed by atoms with Crippen LogP contribution in [0.15, 0.2) is 47.8 Å². The Balaban J connectivity index is 1.34. The van der Waals surface area contributed by atoms with Crippen molar-refractivity contribution < 1.29 is 14.3 Å². The number of nitrogens with one attached hydrogen (secondary N) is 3. The van der Waals surface area contributed by atoms with Crippen LogP contribution in [-0.2, 0) is 11.2 Å². The number of thiazole rings is 2. The van der Waals surface area contributed by atoms with Crippen LogP contribution in [0.3, 0.4) is 0 Å². The van der Waals surface area contributed by atoms with E-state index in [9.17, 15) is 9.59 Å². The number of methoxy groups -OCH3 is 1. The van der Waals surface area contributed by atoms with Gasteiger partial charge in [0.25, 0.3) is 0 Å². The molecule has 3 N–H and O–H groups in total. The zero-order chi connectivity index (χ0) is 21.8. The van der Waals surface area contributed by atoms with Crippen LogP contribution in [0.4, 0.5) is 20.7 Å². The normalized spacial score (nSPS) is 10.6. The van der Waals surface area contributed by atoms with Crippen molar-refractivity contribution in [3.05, 3.63) is 59.1 Å². The van der Waals surface area contributed by atoms with Gasteiger partial charge in [-0.2, -0.15) is 0 Å². The lowest BCUT2D eigenvalue weighted by atomic mass is 10.2. The standard InChI is InChI=1S/C21H19N5O3S2/c1-12-6-5-9-16-18(12)25-21(31-16)24-17(27)10-13-11-30-20(22-13)26-19(28)23-14-7-3-4-8-15(14)29-2/h3-9,11H,10H2,1-2H3,(H,24,25,27)(H2,22,23,26,28). The molecule has 0 atom stereocenters. The van der Waals surface area contributed by atoms with E-state index in [4.69, 9.17) is 4.74 Å². The minimum atomic E-state index is -0.445. The maximum Gasteiger partial charge on any atom is 0.325 e. The van der Waals surface area contributed by atoms with Crippen molar-refractivity contribution in [1.29, 1.82) is 0 Å². The summed E-state index contributed by atoms with van der Waals surface area (Å²) in [5, 5.41) is 10.9. The highest BCUT2D eigenvalue weighted by atomic mass is 32.1. The second-order valence-electron chi connectivity index (χ2n) is 6.59. The first kappa shape index (κ1) is 20.8. The van der Waals surface area contributed by atoms with Gasteiger partial charge in [-0.3, -0.25) is 10.1 Å². The highest BCUT2D eigenvalue weighted by molar-refractivity contribution is 7.22. The Bertz CT molecular complexity index is 1250. The molecule has 8 nitrogen and oxygen atoms in total. The molecule has 0 radical (unpaired) electrons. The number of para-hydroxylation sites is 3. The van der Waals surface area contributed by atoms with E-state index >= 15 is 0 Å². The molecule has 3 amide bonds. The number of amides is 3. The number of aryl methyl sites for hydroxylation is 1. The molecule has 0 aliphatic heterocycles. The zero-order valence-electron chi connectivity index (χ0n) is 16.8. The Morgan fingerprint density at radius 1 is 1.00 bits per heavy atom. The zero-order valence-corrected chi connectivity index (χ0v) is 18.4. The second kappa shape index (κ2) is 9.11. The predicted molar refractivity (Wildman–Crippen MR) is 124 cm³/mol. The van der Waals surface area contributed by atoms with Crippen molar-refractivity contribution in [2.75, 3.05) is 23.1 Å². The number of nitrogens with zero attached hydrogens (tertiary/aromatic N) is 2. The number of anilines is 3. The van der Waals surface area contributed by atoms with Crippen molar-refractivity contribution >= 4 is 60.8 Å². The average molecular weight is 454 g/mol. The first-order valence-corrected chi connectivity index (χ1v) is 11.0. The van der Waals surface area contributed by atoms with Gasteiger partial charge in [-0.1, -0.05) is 35.6 Å². The Morgan fingerprint density at radius 3 is 2.65 bits per heavy atom. The molecule has 0 saturated heterocycles. The van der Waals surface area contributed by atoms with Crippen LogP contribution >= 0.6 is 22.7 Å². The van der Waals surface area contributed by atoms with Crippen LogP contribution in [0, 0.1) is 6.92 Å². The number of ether oxygens (including phenoxy) is 1. The second-order valence-corrected chi connectivity index (χ2v) is 8.48. The van der Waals surface area contributed by atoms with Gasteiger partial charge in [0, 0.05) is 5.38 Å². The van der Waals surface area contributed by atoms with E-state index in [0.29, 0.717) is 27.4 Å². The van der Waals surface area contributed by atoms with E-state index in [0.717, 1.165) is 15.8 Å². The van der Waals surface area contributed by atoms with E-state index in [1.165, 1.54) is 29.8 Å². The molecule has 0 aliphatic rings. The molecular weight excluding hydrogens is 434 g/mol. The molecular formula is C21H19N5O3S2. The van der Waals surface area contributed by atoms with Crippen LogP contribution < -0.4 is 20.7 Å². The third kappa shape index (κ3) is 4.98. The minimum absolute atomic E-state index is 0.0845. The molecule has 10 heteroatoms. The lowest BCUT2D eigenvalue weighted by Crippen LogP contribution is -2.20. The summed E-state index contributed by atoms with van der Waals surface area (Å²) in [6.45, 7) is 1.99. The maximum atomic E-state index is 12.4. The largest absolute Gasteiger partial charge is 0.495 e. The summed E-state index contributed by atoms with van der Waals surface area (Å²) in [4.78, 5) is 33.4. The fourth-order valence-corrected chi connectivity index (χ4v) is 4.58. The van der Waals surface area contributed by atoms with Crippen molar-refractivity contribution in [3.8, 4) is 5.75 Å². The number of benzene rings is 2. The molecule has 0 aliphatic carbocycles. The van der Waals surface area contributed by atoms with Gasteiger partial charge in [-0.15, -0.1) is 11.3 Å². The number of rotatable bonds is 6. The highest BCUT2D eigenvalue weighted by Gasteiger charge is 2.13. The van der Waals surface area contributed by atoms with Crippen LogP contribution in [-0.4, -0.2) is 29.0 Å². The molecule has 31 heavy (non-hydrogen) atoms. The van der Waals surface area contributed by atoms with E-state index in [-0.39, 0.29) is 12.3 Å². The van der Waals surface area contributed by atoms with Crippen molar-refractivity contribution in [2.45, 2.75) is 13.3 Å². The summed E-state index contributed by atoms with van der Waals surface area (Å²) < 4.78 is 6.24. The SMILES string of the molecule is COc1ccccc1NC(=O)Nc1nc(CC(=O)Nc2nc3c(C)cccc3s2)cs1. The van der Waals surface area contributed by atoms with E-state index in [1.807, 2.05) is 31.2 Å². The molecule has 0 spiro atoms. The molecule has 158 valence electrons. The monoisotopic (exact) mass is 453 g/mol. The smallest absolute Gasteiger partial charge is 0.325 e. The molecule has 0 fully saturated rings. The van der Waals surface area contributed by atoms with Crippen molar-refractivity contribution in [2.24, 2.45) is 0 Å². The predicted octanol–water partition coefficient (Wildman–Crippen LogP) is 4.90. The number of carbonyl (C=O) groups excluding carboxylic acids is 2. The molecule has 2 heterocycles. The van der Waals surface area contributed by atoms with Crippen molar-refractivity contribution in [3.63, 3.8) is 0 Å². The summed E-state index contributed by atoms with van der Waals surface area (Å²) >= 11 is 2.68. The number of aromatic nitrogens is 2. The van der Waals surface area contributed by atoms with Gasteiger partial charge in [0.05, 0.1) is 35.1 Å². The Hall–Kier alpha value is -3.50. The Morgan fingerprint density at radius 2 is 1.84 bits per heavy atom. The number of fused-ring (bicyclic) bond motifs is 1. The lowest BCUT2D eigenvalue weighted by Gasteiger charge is -2.09. The van der Waals surface area contributed by atoms with Gasteiger partial charge in [0.2, 0.25) is 5.91 Å². The summed E-state index contributed by atoms with van der Waals surface area (Å²) in [5.74, 6) is 0.339. The van der Waals surface area contributed by atoms with Gasteiger partial charge in [0.15, 0.2) is 10.3 Å². The molecule has 0 saturated carbocycles.